The lowest BCUT2D eigenvalue weighted by molar-refractivity contribution is -0.278. The second-order valence-electron chi connectivity index (χ2n) is 5.05. The highest BCUT2D eigenvalue weighted by Gasteiger charge is 2.80. The first-order valence-electron chi connectivity index (χ1n) is 4.57. The average Bonchev–Trinajstić information content (AvgIpc) is 2.75. The molecule has 1 radical (unpaired) electrons. The van der Waals surface area contributed by atoms with Crippen molar-refractivity contribution in [1.82, 2.24) is 5.06 Å². The van der Waals surface area contributed by atoms with Crippen LogP contribution in [0.3, 0.4) is 0 Å². The molecule has 0 bridgehead atoms. The molecule has 0 aromatic rings. The Hall–Kier alpha value is -0.160. The van der Waals surface area contributed by atoms with E-state index in [0.717, 1.165) is 5.06 Å². The van der Waals surface area contributed by atoms with Crippen LogP contribution in [0.1, 0.15) is 27.7 Å². The largest absolute Gasteiger partial charge is 0.393 e. The van der Waals surface area contributed by atoms with Crippen LogP contribution >= 0.6 is 0 Å². The van der Waals surface area contributed by atoms with Gasteiger partial charge in [-0.25, -0.2) is 0 Å². The summed E-state index contributed by atoms with van der Waals surface area (Å²) < 4.78 is 5.50. The summed E-state index contributed by atoms with van der Waals surface area (Å²) in [6, 6.07) is 0. The molecule has 2 aliphatic heterocycles. The number of nitrogens with zero attached hydrogens (tertiary/aromatic N) is 1. The van der Waals surface area contributed by atoms with Crippen LogP contribution in [0.2, 0.25) is 0 Å². The minimum Gasteiger partial charge on any atom is -0.393 e. The number of aliphatic hydroxyl groups is 1. The summed E-state index contributed by atoms with van der Waals surface area (Å²) >= 11 is 0. The Kier molecular flexibility index (Phi) is 1.51. The van der Waals surface area contributed by atoms with E-state index >= 15 is 0 Å². The Bertz CT molecular complexity index is 251. The molecule has 0 aromatic carbocycles. The summed E-state index contributed by atoms with van der Waals surface area (Å²) in [4.78, 5) is 0. The van der Waals surface area contributed by atoms with Crippen molar-refractivity contribution in [3.63, 3.8) is 0 Å². The van der Waals surface area contributed by atoms with Crippen molar-refractivity contribution in [2.45, 2.75) is 50.5 Å². The molecule has 13 heavy (non-hydrogen) atoms. The van der Waals surface area contributed by atoms with Crippen molar-refractivity contribution in [2.75, 3.05) is 6.61 Å². The smallest absolute Gasteiger partial charge is 0.140 e. The van der Waals surface area contributed by atoms with Gasteiger partial charge in [0.25, 0.3) is 0 Å². The van der Waals surface area contributed by atoms with E-state index in [2.05, 4.69) is 0 Å². The van der Waals surface area contributed by atoms with E-state index in [0.29, 0.717) is 0 Å². The van der Waals surface area contributed by atoms with Crippen LogP contribution in [-0.2, 0) is 9.94 Å². The molecule has 75 valence electrons. The fourth-order valence-electron chi connectivity index (χ4n) is 2.67. The summed E-state index contributed by atoms with van der Waals surface area (Å²) in [5.41, 5.74) is -1.78. The molecule has 4 nitrogen and oxygen atoms in total. The van der Waals surface area contributed by atoms with E-state index in [1.807, 2.05) is 27.7 Å². The van der Waals surface area contributed by atoms with Crippen LogP contribution in [0.25, 0.3) is 0 Å². The Morgan fingerprint density at radius 1 is 1.38 bits per heavy atom. The van der Waals surface area contributed by atoms with Crippen molar-refractivity contribution in [2.24, 2.45) is 0 Å². The molecular weight excluding hydrogens is 170 g/mol. The molecule has 2 fully saturated rings. The van der Waals surface area contributed by atoms with Gasteiger partial charge in [-0.15, -0.1) is 10.3 Å². The minimum atomic E-state index is -0.629. The number of aliphatic hydroxyl groups excluding tert-OH is 1. The highest BCUT2D eigenvalue weighted by Crippen LogP contribution is 2.60. The molecule has 2 rings (SSSR count). The number of hydroxylamine groups is 2. The van der Waals surface area contributed by atoms with E-state index in [1.165, 1.54) is 0 Å². The Morgan fingerprint density at radius 3 is 2.15 bits per heavy atom. The maximum atomic E-state index is 11.9. The number of epoxide rings is 1. The molecule has 2 atom stereocenters. The summed E-state index contributed by atoms with van der Waals surface area (Å²) in [6.07, 6.45) is -0.127. The Balaban J connectivity index is 2.41. The first-order valence-corrected chi connectivity index (χ1v) is 4.57. The van der Waals surface area contributed by atoms with Gasteiger partial charge in [-0.05, 0) is 27.7 Å². The zero-order valence-electron chi connectivity index (χ0n) is 8.50. The summed E-state index contributed by atoms with van der Waals surface area (Å²) in [5, 5.41) is 22.2. The van der Waals surface area contributed by atoms with Crippen molar-refractivity contribution < 1.29 is 15.1 Å². The van der Waals surface area contributed by atoms with Gasteiger partial charge in [0.15, 0.2) is 0 Å². The molecule has 1 N–H and O–H groups in total. The van der Waals surface area contributed by atoms with E-state index in [-0.39, 0.29) is 12.7 Å². The third kappa shape index (κ3) is 0.760. The van der Waals surface area contributed by atoms with E-state index in [9.17, 15) is 10.3 Å². The number of fused-ring (bicyclic) bond motifs is 1. The third-order valence-electron chi connectivity index (χ3n) is 3.64. The highest BCUT2D eigenvalue weighted by atomic mass is 16.7. The number of hydrogen-bond donors (Lipinski definition) is 1. The number of hydrogen-bond acceptors (Lipinski definition) is 3. The summed E-state index contributed by atoms with van der Waals surface area (Å²) in [6.45, 7) is 7.29. The normalized spacial score (nSPS) is 46.2. The molecule has 2 aliphatic rings. The third-order valence-corrected chi connectivity index (χ3v) is 3.64. The summed E-state index contributed by atoms with van der Waals surface area (Å²) in [7, 11) is 0. The van der Waals surface area contributed by atoms with Gasteiger partial charge < -0.3 is 9.84 Å². The van der Waals surface area contributed by atoms with E-state index in [1.54, 1.807) is 0 Å². The van der Waals surface area contributed by atoms with Crippen LogP contribution in [0, 0.1) is 0 Å². The average molecular weight is 186 g/mol. The van der Waals surface area contributed by atoms with Gasteiger partial charge in [-0.2, -0.15) is 0 Å². The van der Waals surface area contributed by atoms with Gasteiger partial charge >= 0.3 is 0 Å². The molecule has 0 aliphatic carbocycles. The monoisotopic (exact) mass is 186 g/mol. The predicted molar refractivity (Wildman–Crippen MR) is 45.4 cm³/mol. The van der Waals surface area contributed by atoms with Crippen molar-refractivity contribution in [3.8, 4) is 0 Å². The first-order chi connectivity index (χ1) is 5.80. The predicted octanol–water partition coefficient (Wildman–Crippen LogP) is 0.335. The van der Waals surface area contributed by atoms with Gasteiger partial charge in [0.05, 0.1) is 17.7 Å². The highest BCUT2D eigenvalue weighted by molar-refractivity contribution is 5.28. The van der Waals surface area contributed by atoms with Crippen LogP contribution in [0.5, 0.6) is 0 Å². The van der Waals surface area contributed by atoms with E-state index in [4.69, 9.17) is 4.74 Å². The maximum absolute atomic E-state index is 11.9. The van der Waals surface area contributed by atoms with Crippen LogP contribution in [-0.4, -0.2) is 39.6 Å². The minimum absolute atomic E-state index is 0.0766. The fraction of sp³-hybridized carbons (Fsp3) is 1.00. The molecule has 0 spiro atoms. The zero-order valence-corrected chi connectivity index (χ0v) is 8.50. The summed E-state index contributed by atoms with van der Waals surface area (Å²) in [5.74, 6) is 0. The lowest BCUT2D eigenvalue weighted by atomic mass is 9.87. The van der Waals surface area contributed by atoms with Gasteiger partial charge in [0.1, 0.15) is 11.7 Å². The maximum Gasteiger partial charge on any atom is 0.140 e. The lowest BCUT2D eigenvalue weighted by Crippen LogP contribution is -2.54. The Morgan fingerprint density at radius 2 is 1.92 bits per heavy atom. The molecule has 0 amide bonds. The first kappa shape index (κ1) is 9.40. The van der Waals surface area contributed by atoms with Crippen molar-refractivity contribution >= 4 is 0 Å². The molecule has 2 heterocycles. The zero-order chi connectivity index (χ0) is 10.1. The Labute approximate surface area is 78.1 Å². The number of ether oxygens (including phenoxy) is 1. The number of morpholine rings is 1. The molecular formula is C9H16NO3. The SMILES string of the molecule is CC1(C)[C@H]2O[C@]2(CO)C(C)(C)N1[O]. The topological polar surface area (TPSA) is 55.9 Å². The molecule has 0 aromatic heterocycles. The molecule has 0 saturated carbocycles. The van der Waals surface area contributed by atoms with Crippen molar-refractivity contribution in [1.29, 1.82) is 0 Å². The van der Waals surface area contributed by atoms with Gasteiger partial charge in [0.2, 0.25) is 0 Å². The molecule has 2 saturated heterocycles. The fourth-order valence-corrected chi connectivity index (χ4v) is 2.67. The van der Waals surface area contributed by atoms with Crippen LogP contribution in [0.15, 0.2) is 0 Å². The quantitative estimate of drug-likeness (QED) is 0.600. The van der Waals surface area contributed by atoms with E-state index < -0.39 is 16.7 Å². The van der Waals surface area contributed by atoms with Gasteiger partial charge in [0, 0.05) is 0 Å². The van der Waals surface area contributed by atoms with Crippen molar-refractivity contribution in [3.05, 3.63) is 0 Å². The molecule has 0 unspecified atom stereocenters. The molecule has 4 heteroatoms. The second kappa shape index (κ2) is 2.08. The standard InChI is InChI=1S/C9H16NO3/c1-7(2)6-9(5-11,13-6)8(3,4)10(7)12/h6,11H,5H2,1-4H3/t6-,9+/m1/s1. The number of rotatable bonds is 1. The lowest BCUT2D eigenvalue weighted by Gasteiger charge is -2.37. The van der Waals surface area contributed by atoms with Gasteiger partial charge in [-0.3, -0.25) is 0 Å². The second-order valence-corrected chi connectivity index (χ2v) is 5.05. The van der Waals surface area contributed by atoms with Crippen LogP contribution < -0.4 is 0 Å². The van der Waals surface area contributed by atoms with Gasteiger partial charge in [-0.1, -0.05) is 0 Å². The van der Waals surface area contributed by atoms with Crippen LogP contribution in [0.4, 0.5) is 0 Å².